The van der Waals surface area contributed by atoms with Gasteiger partial charge in [0.05, 0.1) is 6.04 Å². The number of likely N-dealkylation sites (tertiary alicyclic amines) is 1. The molecule has 1 aliphatic carbocycles. The molecule has 2 aliphatic rings. The first-order valence-electron chi connectivity index (χ1n) is 15.9. The number of fused-ring (bicyclic) bond motifs is 1. The van der Waals surface area contributed by atoms with E-state index in [1.54, 1.807) is 36.9 Å². The molecule has 43 heavy (non-hydrogen) atoms. The van der Waals surface area contributed by atoms with Crippen LogP contribution in [0.1, 0.15) is 89.1 Å². The van der Waals surface area contributed by atoms with E-state index in [1.165, 1.54) is 25.7 Å². The third-order valence-corrected chi connectivity index (χ3v) is 9.32. The molecular weight excluding hydrogens is 558 g/mol. The SMILES string of the molecule is CC.CO.Cc1c(O)cccc1C(=O)NC(CCN1C[C@H]2CCCC[C@H]2C[C@H]1C(=O)NC(C)(C)C)CSc1ccccc1. The van der Waals surface area contributed by atoms with Gasteiger partial charge in [-0.15, -0.1) is 11.8 Å². The van der Waals surface area contributed by atoms with Gasteiger partial charge in [0, 0.05) is 53.6 Å². The van der Waals surface area contributed by atoms with Gasteiger partial charge in [0.2, 0.25) is 5.91 Å². The van der Waals surface area contributed by atoms with Crippen molar-refractivity contribution in [2.24, 2.45) is 11.8 Å². The molecule has 1 unspecified atom stereocenters. The number of amides is 2. The number of nitrogens with one attached hydrogen (secondary N) is 2. The molecule has 1 saturated carbocycles. The fraction of sp³-hybridized carbons (Fsp3) is 0.600. The zero-order valence-electron chi connectivity index (χ0n) is 27.4. The minimum atomic E-state index is -0.270. The third-order valence-electron chi connectivity index (χ3n) is 8.15. The van der Waals surface area contributed by atoms with Crippen LogP contribution in [0, 0.1) is 18.8 Å². The number of carbonyl (C=O) groups is 2. The molecule has 1 saturated heterocycles. The van der Waals surface area contributed by atoms with Crippen molar-refractivity contribution >= 4 is 23.6 Å². The Morgan fingerprint density at radius 2 is 1.65 bits per heavy atom. The highest BCUT2D eigenvalue weighted by molar-refractivity contribution is 7.99. The van der Waals surface area contributed by atoms with E-state index in [9.17, 15) is 14.7 Å². The highest BCUT2D eigenvalue weighted by Gasteiger charge is 2.40. The van der Waals surface area contributed by atoms with Crippen molar-refractivity contribution in [3.05, 3.63) is 59.7 Å². The number of nitrogens with zero attached hydrogens (tertiary/aromatic N) is 1. The Kier molecular flexibility index (Phi) is 15.6. The second kappa shape index (κ2) is 18.3. The molecule has 2 aromatic rings. The predicted octanol–water partition coefficient (Wildman–Crippen LogP) is 6.41. The first-order chi connectivity index (χ1) is 20.6. The molecule has 2 aromatic carbocycles. The summed E-state index contributed by atoms with van der Waals surface area (Å²) in [4.78, 5) is 30.3. The monoisotopic (exact) mass is 613 g/mol. The maximum absolute atomic E-state index is 13.4. The lowest BCUT2D eigenvalue weighted by Gasteiger charge is -2.46. The number of rotatable bonds is 9. The van der Waals surface area contributed by atoms with Gasteiger partial charge in [-0.2, -0.15) is 0 Å². The number of hydrogen-bond donors (Lipinski definition) is 4. The molecular formula is C35H55N3O4S. The van der Waals surface area contributed by atoms with Crippen LogP contribution >= 0.6 is 11.8 Å². The van der Waals surface area contributed by atoms with Gasteiger partial charge in [0.15, 0.2) is 0 Å². The largest absolute Gasteiger partial charge is 0.508 e. The number of hydrogen-bond acceptors (Lipinski definition) is 6. The summed E-state index contributed by atoms with van der Waals surface area (Å²) in [6.45, 7) is 13.6. The van der Waals surface area contributed by atoms with Crippen LogP contribution in [0.2, 0.25) is 0 Å². The van der Waals surface area contributed by atoms with Crippen LogP contribution < -0.4 is 10.6 Å². The summed E-state index contributed by atoms with van der Waals surface area (Å²) in [5, 5.41) is 23.6. The Balaban J connectivity index is 0.00000155. The quantitative estimate of drug-likeness (QED) is 0.244. The number of piperidine rings is 1. The molecule has 8 heteroatoms. The van der Waals surface area contributed by atoms with Crippen molar-refractivity contribution in [3.8, 4) is 5.75 Å². The Bertz CT molecular complexity index is 1120. The van der Waals surface area contributed by atoms with Crippen LogP contribution in [0.3, 0.4) is 0 Å². The highest BCUT2D eigenvalue weighted by Crippen LogP contribution is 2.39. The van der Waals surface area contributed by atoms with Crippen molar-refractivity contribution in [1.82, 2.24) is 15.5 Å². The average Bonchev–Trinajstić information content (AvgIpc) is 3.01. The number of aliphatic hydroxyl groups is 1. The number of phenols is 1. The number of phenolic OH excluding ortho intramolecular Hbond substituents is 1. The summed E-state index contributed by atoms with van der Waals surface area (Å²) < 4.78 is 0. The average molecular weight is 614 g/mol. The van der Waals surface area contributed by atoms with Crippen molar-refractivity contribution in [2.75, 3.05) is 26.0 Å². The van der Waals surface area contributed by atoms with Crippen LogP contribution in [-0.2, 0) is 4.79 Å². The molecule has 240 valence electrons. The first-order valence-corrected chi connectivity index (χ1v) is 16.9. The highest BCUT2D eigenvalue weighted by atomic mass is 32.2. The van der Waals surface area contributed by atoms with Crippen molar-refractivity contribution in [1.29, 1.82) is 0 Å². The second-order valence-electron chi connectivity index (χ2n) is 12.3. The summed E-state index contributed by atoms with van der Waals surface area (Å²) in [7, 11) is 1.00. The van der Waals surface area contributed by atoms with E-state index < -0.39 is 0 Å². The molecule has 2 fully saturated rings. The van der Waals surface area contributed by atoms with Crippen LogP contribution in [0.15, 0.2) is 53.4 Å². The van der Waals surface area contributed by atoms with Crippen molar-refractivity contribution < 1.29 is 19.8 Å². The molecule has 1 heterocycles. The molecule has 4 atom stereocenters. The molecule has 2 amide bonds. The zero-order chi connectivity index (χ0) is 32.0. The Hall–Kier alpha value is -2.55. The molecule has 7 nitrogen and oxygen atoms in total. The minimum Gasteiger partial charge on any atom is -0.508 e. The maximum Gasteiger partial charge on any atom is 0.251 e. The molecule has 1 aliphatic heterocycles. The fourth-order valence-electron chi connectivity index (χ4n) is 6.04. The van der Waals surface area contributed by atoms with Gasteiger partial charge in [-0.25, -0.2) is 0 Å². The van der Waals surface area contributed by atoms with Crippen molar-refractivity contribution in [3.63, 3.8) is 0 Å². The Morgan fingerprint density at radius 3 is 2.30 bits per heavy atom. The van der Waals surface area contributed by atoms with E-state index >= 15 is 0 Å². The van der Waals surface area contributed by atoms with Gasteiger partial charge in [-0.05, 0) is 83.1 Å². The zero-order valence-corrected chi connectivity index (χ0v) is 28.2. The van der Waals surface area contributed by atoms with Crippen LogP contribution in [-0.4, -0.2) is 70.5 Å². The van der Waals surface area contributed by atoms with E-state index in [0.717, 1.165) is 43.7 Å². The summed E-state index contributed by atoms with van der Waals surface area (Å²) in [5.74, 6) is 2.09. The van der Waals surface area contributed by atoms with E-state index in [0.29, 0.717) is 23.0 Å². The smallest absolute Gasteiger partial charge is 0.251 e. The van der Waals surface area contributed by atoms with E-state index in [1.807, 2.05) is 52.8 Å². The standard InChI is InChI=1S/C32H45N3O3S.C2H6.CH4O/c1-22-27(15-10-16-29(22)36)30(37)33-25(21-39-26-13-6-5-7-14-26)17-18-35-20-24-12-9-8-11-23(24)19-28(35)31(38)34-32(2,3)4;2*1-2/h5-7,10,13-16,23-25,28,36H,8-9,11-12,17-21H2,1-4H3,(H,33,37)(H,34,38);1-2H3;2H,1H3/t23-,24+,25?,28-;;/m0../s1. The lowest BCUT2D eigenvalue weighted by Crippen LogP contribution is -2.58. The molecule has 0 spiro atoms. The van der Waals surface area contributed by atoms with Crippen molar-refractivity contribution in [2.45, 2.75) is 103 Å². The Labute approximate surface area is 264 Å². The number of thioether (sulfide) groups is 1. The lowest BCUT2D eigenvalue weighted by atomic mass is 9.72. The lowest BCUT2D eigenvalue weighted by molar-refractivity contribution is -0.131. The maximum atomic E-state index is 13.4. The molecule has 0 bridgehead atoms. The van der Waals surface area contributed by atoms with E-state index in [4.69, 9.17) is 5.11 Å². The van der Waals surface area contributed by atoms with Crippen LogP contribution in [0.25, 0.3) is 0 Å². The Morgan fingerprint density at radius 1 is 1.00 bits per heavy atom. The first kappa shape index (κ1) is 36.6. The van der Waals surface area contributed by atoms with Gasteiger partial charge < -0.3 is 20.8 Å². The summed E-state index contributed by atoms with van der Waals surface area (Å²) >= 11 is 1.73. The van der Waals surface area contributed by atoms with E-state index in [-0.39, 0.29) is 35.2 Å². The number of benzene rings is 2. The van der Waals surface area contributed by atoms with Gasteiger partial charge in [-0.3, -0.25) is 14.5 Å². The number of aliphatic hydroxyl groups excluding tert-OH is 1. The second-order valence-corrected chi connectivity index (χ2v) is 13.4. The van der Waals surface area contributed by atoms with Crippen LogP contribution in [0.4, 0.5) is 0 Å². The molecule has 4 rings (SSSR count). The fourth-order valence-corrected chi connectivity index (χ4v) is 7.03. The normalized spacial score (nSPS) is 20.7. The summed E-state index contributed by atoms with van der Waals surface area (Å²) in [6, 6.07) is 15.1. The third kappa shape index (κ3) is 11.5. The van der Waals surface area contributed by atoms with Gasteiger partial charge in [0.25, 0.3) is 5.91 Å². The van der Waals surface area contributed by atoms with E-state index in [2.05, 4.69) is 27.7 Å². The van der Waals surface area contributed by atoms with Gasteiger partial charge in [0.1, 0.15) is 5.75 Å². The molecule has 4 N–H and O–H groups in total. The minimum absolute atomic E-state index is 0.0835. The number of aromatic hydroxyl groups is 1. The van der Waals surface area contributed by atoms with Gasteiger partial charge >= 0.3 is 0 Å². The van der Waals surface area contributed by atoms with Crippen LogP contribution in [0.5, 0.6) is 5.75 Å². The molecule has 0 aromatic heterocycles. The summed E-state index contributed by atoms with van der Waals surface area (Å²) in [5.41, 5.74) is 0.812. The number of carbonyl (C=O) groups excluding carboxylic acids is 2. The summed E-state index contributed by atoms with van der Waals surface area (Å²) in [6.07, 6.45) is 6.70. The molecule has 0 radical (unpaired) electrons. The predicted molar refractivity (Wildman–Crippen MR) is 179 cm³/mol. The van der Waals surface area contributed by atoms with Gasteiger partial charge in [-0.1, -0.05) is 57.4 Å². The topological polar surface area (TPSA) is 102 Å².